The normalized spacial score (nSPS) is 14.2. The van der Waals surface area contributed by atoms with Gasteiger partial charge in [0.1, 0.15) is 11.5 Å². The number of hydrogen-bond donors (Lipinski definition) is 1. The average molecular weight is 453 g/mol. The Morgan fingerprint density at radius 1 is 1.18 bits per heavy atom. The summed E-state index contributed by atoms with van der Waals surface area (Å²) >= 11 is 0. The maximum atomic E-state index is 12.7. The number of rotatable bonds is 8. The molecular weight excluding hydrogens is 424 g/mol. The van der Waals surface area contributed by atoms with Crippen LogP contribution in [0, 0.1) is 6.92 Å². The van der Waals surface area contributed by atoms with Gasteiger partial charge in [-0.15, -0.1) is 0 Å². The summed E-state index contributed by atoms with van der Waals surface area (Å²) in [5.41, 5.74) is 2.58. The molecule has 174 valence electrons. The molecule has 1 aromatic carbocycles. The van der Waals surface area contributed by atoms with Crippen LogP contribution < -0.4 is 14.8 Å². The number of nitrogens with one attached hydrogen (secondary N) is 1. The van der Waals surface area contributed by atoms with Gasteiger partial charge < -0.3 is 19.5 Å². The first-order chi connectivity index (χ1) is 16.1. The second-order valence-electron chi connectivity index (χ2n) is 7.57. The Morgan fingerprint density at radius 2 is 2.00 bits per heavy atom. The second kappa shape index (κ2) is 10.4. The Bertz CT molecular complexity index is 1110. The van der Waals surface area contributed by atoms with Crippen LogP contribution in [0.25, 0.3) is 17.2 Å². The maximum Gasteiger partial charge on any atom is 0.254 e. The molecule has 0 unspecified atom stereocenters. The molecule has 1 aliphatic rings. The molecule has 0 saturated carbocycles. The molecule has 33 heavy (non-hydrogen) atoms. The van der Waals surface area contributed by atoms with E-state index >= 15 is 0 Å². The third-order valence-corrected chi connectivity index (χ3v) is 5.59. The molecule has 0 radical (unpaired) electrons. The highest BCUT2D eigenvalue weighted by Gasteiger charge is 2.18. The van der Waals surface area contributed by atoms with Crippen LogP contribution in [0.2, 0.25) is 0 Å². The van der Waals surface area contributed by atoms with Crippen LogP contribution >= 0.6 is 0 Å². The van der Waals surface area contributed by atoms with E-state index in [2.05, 4.69) is 25.3 Å². The first-order valence-electron chi connectivity index (χ1n) is 10.8. The molecule has 3 heterocycles. The highest BCUT2D eigenvalue weighted by molar-refractivity contribution is 5.95. The predicted octanol–water partition coefficient (Wildman–Crippen LogP) is 1.72. The molecule has 1 aliphatic heterocycles. The molecule has 0 bridgehead atoms. The Labute approximate surface area is 192 Å². The molecular formula is C23H28N6O4. The predicted molar refractivity (Wildman–Crippen MR) is 122 cm³/mol. The van der Waals surface area contributed by atoms with Crippen molar-refractivity contribution in [3.8, 4) is 28.7 Å². The third kappa shape index (κ3) is 5.12. The zero-order valence-electron chi connectivity index (χ0n) is 19.1. The summed E-state index contributed by atoms with van der Waals surface area (Å²) in [7, 11) is 3.21. The quantitative estimate of drug-likeness (QED) is 0.551. The number of morpholine rings is 1. The van der Waals surface area contributed by atoms with Gasteiger partial charge in [-0.3, -0.25) is 9.69 Å². The van der Waals surface area contributed by atoms with E-state index in [4.69, 9.17) is 14.2 Å². The van der Waals surface area contributed by atoms with Crippen molar-refractivity contribution >= 4 is 5.91 Å². The van der Waals surface area contributed by atoms with E-state index in [0.717, 1.165) is 38.4 Å². The van der Waals surface area contributed by atoms with Crippen LogP contribution in [0.4, 0.5) is 0 Å². The molecule has 4 rings (SSSR count). The minimum Gasteiger partial charge on any atom is -0.497 e. The lowest BCUT2D eigenvalue weighted by Crippen LogP contribution is -2.41. The lowest BCUT2D eigenvalue weighted by atomic mass is 10.1. The molecule has 0 aliphatic carbocycles. The van der Waals surface area contributed by atoms with E-state index in [1.54, 1.807) is 37.4 Å². The minimum atomic E-state index is -0.169. The van der Waals surface area contributed by atoms with Gasteiger partial charge in [0.2, 0.25) is 0 Å². The highest BCUT2D eigenvalue weighted by Crippen LogP contribution is 2.32. The zero-order chi connectivity index (χ0) is 23.2. The van der Waals surface area contributed by atoms with Gasteiger partial charge in [0.15, 0.2) is 0 Å². The van der Waals surface area contributed by atoms with Crippen LogP contribution in [0.5, 0.6) is 11.5 Å². The number of hydrogen-bond acceptors (Lipinski definition) is 8. The first kappa shape index (κ1) is 22.7. The molecule has 1 saturated heterocycles. The van der Waals surface area contributed by atoms with Gasteiger partial charge >= 0.3 is 0 Å². The van der Waals surface area contributed by atoms with Crippen molar-refractivity contribution in [3.63, 3.8) is 0 Å². The van der Waals surface area contributed by atoms with Crippen molar-refractivity contribution in [2.24, 2.45) is 0 Å². The fourth-order valence-corrected chi connectivity index (χ4v) is 3.70. The number of carbonyl (C=O) groups excluding carboxylic acids is 1. The van der Waals surface area contributed by atoms with Gasteiger partial charge in [-0.25, -0.2) is 14.6 Å². The van der Waals surface area contributed by atoms with Crippen LogP contribution in [0.15, 0.2) is 36.7 Å². The summed E-state index contributed by atoms with van der Waals surface area (Å²) in [6.07, 6.45) is 3.20. The van der Waals surface area contributed by atoms with Crippen LogP contribution in [0.3, 0.4) is 0 Å². The molecule has 3 aromatic rings. The molecule has 0 spiro atoms. The maximum absolute atomic E-state index is 12.7. The Kier molecular flexibility index (Phi) is 7.16. The molecule has 1 amide bonds. The van der Waals surface area contributed by atoms with Crippen LogP contribution in [-0.2, 0) is 4.74 Å². The number of benzene rings is 1. The molecule has 10 heteroatoms. The Hall–Kier alpha value is -3.50. The summed E-state index contributed by atoms with van der Waals surface area (Å²) in [5, 5.41) is 7.33. The molecule has 1 fully saturated rings. The van der Waals surface area contributed by atoms with Gasteiger partial charge in [0, 0.05) is 37.9 Å². The van der Waals surface area contributed by atoms with Crippen molar-refractivity contribution in [1.29, 1.82) is 0 Å². The topological polar surface area (TPSA) is 104 Å². The SMILES string of the molecule is COc1ccc(OC)c(-c2ccnc(-n3ncc(C(=O)NCCN4CCOCC4)c3C)n2)c1. The van der Waals surface area contributed by atoms with Gasteiger partial charge in [-0.05, 0) is 31.2 Å². The summed E-state index contributed by atoms with van der Waals surface area (Å²) in [4.78, 5) is 24.0. The number of aromatic nitrogens is 4. The second-order valence-corrected chi connectivity index (χ2v) is 7.57. The molecule has 0 atom stereocenters. The van der Waals surface area contributed by atoms with Crippen molar-refractivity contribution in [1.82, 2.24) is 30.0 Å². The molecule has 10 nitrogen and oxygen atoms in total. The average Bonchev–Trinajstić information content (AvgIpc) is 3.25. The first-order valence-corrected chi connectivity index (χ1v) is 10.8. The van der Waals surface area contributed by atoms with E-state index in [9.17, 15) is 4.79 Å². The van der Waals surface area contributed by atoms with Crippen molar-refractivity contribution in [2.75, 3.05) is 53.6 Å². The minimum absolute atomic E-state index is 0.169. The monoisotopic (exact) mass is 452 g/mol. The summed E-state index contributed by atoms with van der Waals surface area (Å²) in [5.74, 6) is 1.55. The van der Waals surface area contributed by atoms with Crippen molar-refractivity contribution in [2.45, 2.75) is 6.92 Å². The van der Waals surface area contributed by atoms with E-state index in [-0.39, 0.29) is 5.91 Å². The van der Waals surface area contributed by atoms with Crippen LogP contribution in [-0.4, -0.2) is 84.2 Å². The van der Waals surface area contributed by atoms with Gasteiger partial charge in [-0.2, -0.15) is 5.10 Å². The Morgan fingerprint density at radius 3 is 2.76 bits per heavy atom. The Balaban J connectivity index is 1.51. The zero-order valence-corrected chi connectivity index (χ0v) is 19.1. The summed E-state index contributed by atoms with van der Waals surface area (Å²) < 4.78 is 17.7. The largest absolute Gasteiger partial charge is 0.497 e. The van der Waals surface area contributed by atoms with Crippen LogP contribution in [0.1, 0.15) is 16.1 Å². The lowest BCUT2D eigenvalue weighted by Gasteiger charge is -2.26. The molecule has 1 N–H and O–H groups in total. The molecule has 2 aromatic heterocycles. The van der Waals surface area contributed by atoms with Crippen molar-refractivity contribution < 1.29 is 19.0 Å². The summed E-state index contributed by atoms with van der Waals surface area (Å²) in [6, 6.07) is 7.30. The third-order valence-electron chi connectivity index (χ3n) is 5.59. The summed E-state index contributed by atoms with van der Waals surface area (Å²) in [6.45, 7) is 6.42. The standard InChI is InChI=1S/C23H28N6O4/c1-16-19(22(30)24-8-9-28-10-12-33-13-11-28)15-26-29(16)23-25-7-6-20(27-23)18-14-17(31-2)4-5-21(18)32-3/h4-7,14-15H,8-13H2,1-3H3,(H,24,30). The highest BCUT2D eigenvalue weighted by atomic mass is 16.5. The number of methoxy groups -OCH3 is 2. The number of ether oxygens (including phenoxy) is 3. The fraction of sp³-hybridized carbons (Fsp3) is 0.391. The van der Waals surface area contributed by atoms with Gasteiger partial charge in [0.05, 0.1) is 50.6 Å². The van der Waals surface area contributed by atoms with Gasteiger partial charge in [0.25, 0.3) is 11.9 Å². The number of carbonyl (C=O) groups is 1. The van der Waals surface area contributed by atoms with E-state index in [0.29, 0.717) is 40.9 Å². The van der Waals surface area contributed by atoms with E-state index < -0.39 is 0 Å². The fourth-order valence-electron chi connectivity index (χ4n) is 3.70. The lowest BCUT2D eigenvalue weighted by molar-refractivity contribution is 0.0383. The van der Waals surface area contributed by atoms with E-state index in [1.165, 1.54) is 0 Å². The number of amides is 1. The smallest absolute Gasteiger partial charge is 0.254 e. The number of nitrogens with zero attached hydrogens (tertiary/aromatic N) is 5. The van der Waals surface area contributed by atoms with E-state index in [1.807, 2.05) is 25.1 Å². The van der Waals surface area contributed by atoms with Gasteiger partial charge in [-0.1, -0.05) is 0 Å². The van der Waals surface area contributed by atoms with Crippen molar-refractivity contribution in [3.05, 3.63) is 47.9 Å².